The highest BCUT2D eigenvalue weighted by atomic mass is 19.4. The summed E-state index contributed by atoms with van der Waals surface area (Å²) in [7, 11) is 0. The Morgan fingerprint density at radius 1 is 1.45 bits per heavy atom. The average molecular weight is 168 g/mol. The maximum absolute atomic E-state index is 11.5. The molecule has 0 saturated heterocycles. The molecule has 0 aromatic carbocycles. The molecule has 0 heterocycles. The van der Waals surface area contributed by atoms with Gasteiger partial charge in [-0.3, -0.25) is 9.53 Å². The molecule has 1 aliphatic carbocycles. The maximum Gasteiger partial charge on any atom is 0.522 e. The molecule has 0 aliphatic heterocycles. The highest BCUT2D eigenvalue weighted by molar-refractivity contribution is 5.81. The van der Waals surface area contributed by atoms with E-state index in [0.717, 1.165) is 0 Å². The van der Waals surface area contributed by atoms with Gasteiger partial charge in [-0.15, -0.1) is 13.2 Å². The summed E-state index contributed by atoms with van der Waals surface area (Å²) < 4.78 is 38.2. The number of rotatable bonds is 1. The predicted octanol–water partition coefficient (Wildman–Crippen LogP) is 1.64. The van der Waals surface area contributed by atoms with Crippen LogP contribution in [-0.2, 0) is 9.53 Å². The fourth-order valence-corrected chi connectivity index (χ4v) is 1.07. The van der Waals surface area contributed by atoms with Crippen LogP contribution in [0.3, 0.4) is 0 Å². The van der Waals surface area contributed by atoms with E-state index in [1.165, 1.54) is 0 Å². The van der Waals surface area contributed by atoms with Gasteiger partial charge < -0.3 is 0 Å². The van der Waals surface area contributed by atoms with Crippen molar-refractivity contribution in [3.8, 4) is 0 Å². The van der Waals surface area contributed by atoms with Crippen molar-refractivity contribution in [3.63, 3.8) is 0 Å². The van der Waals surface area contributed by atoms with Gasteiger partial charge in [0.2, 0.25) is 0 Å². The van der Waals surface area contributed by atoms with Gasteiger partial charge in [0.1, 0.15) is 5.78 Å². The van der Waals surface area contributed by atoms with E-state index in [0.29, 0.717) is 0 Å². The topological polar surface area (TPSA) is 26.3 Å². The number of hydrogen-bond acceptors (Lipinski definition) is 2. The van der Waals surface area contributed by atoms with Crippen LogP contribution in [0.4, 0.5) is 13.2 Å². The van der Waals surface area contributed by atoms with E-state index < -0.39 is 12.5 Å². The van der Waals surface area contributed by atoms with Gasteiger partial charge in [0.15, 0.2) is 0 Å². The molecule has 5 heteroatoms. The van der Waals surface area contributed by atoms with Crippen molar-refractivity contribution in [1.29, 1.82) is 0 Å². The number of halogens is 3. The van der Waals surface area contributed by atoms with Gasteiger partial charge in [0.25, 0.3) is 0 Å². The summed E-state index contributed by atoms with van der Waals surface area (Å²) in [6.45, 7) is 0. The van der Waals surface area contributed by atoms with Crippen LogP contribution in [0.5, 0.6) is 0 Å². The van der Waals surface area contributed by atoms with Crippen LogP contribution in [0.15, 0.2) is 0 Å². The lowest BCUT2D eigenvalue weighted by atomic mass is 10.3. The summed E-state index contributed by atoms with van der Waals surface area (Å²) in [5.74, 6) is -0.153. The second kappa shape index (κ2) is 2.81. The smallest absolute Gasteiger partial charge is 0.300 e. The van der Waals surface area contributed by atoms with E-state index in [-0.39, 0.29) is 25.0 Å². The maximum atomic E-state index is 11.5. The number of hydrogen-bond donors (Lipinski definition) is 0. The van der Waals surface area contributed by atoms with Crippen LogP contribution in [0.2, 0.25) is 0 Å². The van der Waals surface area contributed by atoms with E-state index in [4.69, 9.17) is 0 Å². The van der Waals surface area contributed by atoms with Crippen LogP contribution in [0, 0.1) is 0 Å². The fraction of sp³-hybridized carbons (Fsp3) is 0.833. The van der Waals surface area contributed by atoms with E-state index >= 15 is 0 Å². The number of ether oxygens (including phenoxy) is 1. The first-order chi connectivity index (χ1) is 4.97. The predicted molar refractivity (Wildman–Crippen MR) is 29.8 cm³/mol. The minimum absolute atomic E-state index is 0.0977. The van der Waals surface area contributed by atoms with Crippen molar-refractivity contribution in [3.05, 3.63) is 0 Å². The lowest BCUT2D eigenvalue weighted by molar-refractivity contribution is -0.341. The van der Waals surface area contributed by atoms with Crippen LogP contribution in [-0.4, -0.2) is 18.2 Å². The molecule has 1 aliphatic rings. The number of carbonyl (C=O) groups excluding carboxylic acids is 1. The normalized spacial score (nSPS) is 26.1. The zero-order valence-electron chi connectivity index (χ0n) is 5.65. The fourth-order valence-electron chi connectivity index (χ4n) is 1.07. The summed E-state index contributed by atoms with van der Waals surface area (Å²) in [6.07, 6.45) is -5.24. The standard InChI is InChI=1S/C6H7F3O2/c7-6(8,9)11-5-2-1-4(10)3-5/h5H,1-3H2. The summed E-state index contributed by atoms with van der Waals surface area (Å²) in [5.41, 5.74) is 0. The van der Waals surface area contributed by atoms with Gasteiger partial charge >= 0.3 is 6.36 Å². The number of Topliss-reactive ketones (excluding diaryl/α,β-unsaturated/α-hetero) is 1. The SMILES string of the molecule is O=C1CCC(OC(F)(F)F)C1. The Labute approximate surface area is 61.3 Å². The zero-order valence-corrected chi connectivity index (χ0v) is 5.65. The molecule has 0 spiro atoms. The van der Waals surface area contributed by atoms with Crippen LogP contribution >= 0.6 is 0 Å². The third-order valence-corrected chi connectivity index (χ3v) is 1.50. The van der Waals surface area contributed by atoms with Crippen molar-refractivity contribution in [2.75, 3.05) is 0 Å². The Bertz CT molecular complexity index is 164. The first kappa shape index (κ1) is 8.52. The Balaban J connectivity index is 2.34. The summed E-state index contributed by atoms with van der Waals surface area (Å²) in [4.78, 5) is 10.5. The summed E-state index contributed by atoms with van der Waals surface area (Å²) in [6, 6.07) is 0. The highest BCUT2D eigenvalue weighted by Gasteiger charge is 2.36. The van der Waals surface area contributed by atoms with Crippen molar-refractivity contribution >= 4 is 5.78 Å². The average Bonchev–Trinajstić information content (AvgIpc) is 2.10. The van der Waals surface area contributed by atoms with Crippen molar-refractivity contribution in [2.24, 2.45) is 0 Å². The van der Waals surface area contributed by atoms with Crippen LogP contribution < -0.4 is 0 Å². The third-order valence-electron chi connectivity index (χ3n) is 1.50. The zero-order chi connectivity index (χ0) is 8.48. The van der Waals surface area contributed by atoms with Gasteiger partial charge in [0, 0.05) is 12.8 Å². The molecule has 1 unspecified atom stereocenters. The molecule has 1 saturated carbocycles. The van der Waals surface area contributed by atoms with E-state index in [1.807, 2.05) is 0 Å². The highest BCUT2D eigenvalue weighted by Crippen LogP contribution is 2.26. The van der Waals surface area contributed by atoms with Crippen molar-refractivity contribution in [2.45, 2.75) is 31.7 Å². The molecule has 0 N–H and O–H groups in total. The number of alkyl halides is 3. The molecule has 0 aromatic heterocycles. The molecule has 1 atom stereocenters. The number of carbonyl (C=O) groups is 1. The van der Waals surface area contributed by atoms with Crippen LogP contribution in [0.25, 0.3) is 0 Å². The molecule has 11 heavy (non-hydrogen) atoms. The molecule has 0 bridgehead atoms. The van der Waals surface area contributed by atoms with Gasteiger partial charge in [-0.25, -0.2) is 0 Å². The molecule has 0 radical (unpaired) electrons. The van der Waals surface area contributed by atoms with Gasteiger partial charge in [-0.2, -0.15) is 0 Å². The largest absolute Gasteiger partial charge is 0.522 e. The number of ketones is 1. The quantitative estimate of drug-likeness (QED) is 0.595. The van der Waals surface area contributed by atoms with Crippen molar-refractivity contribution in [1.82, 2.24) is 0 Å². The molecular formula is C6H7F3O2. The van der Waals surface area contributed by atoms with Crippen molar-refractivity contribution < 1.29 is 22.7 Å². The molecule has 1 fully saturated rings. The van der Waals surface area contributed by atoms with Gasteiger partial charge in [0.05, 0.1) is 6.10 Å². The Morgan fingerprint density at radius 2 is 2.09 bits per heavy atom. The first-order valence-corrected chi connectivity index (χ1v) is 3.23. The van der Waals surface area contributed by atoms with E-state index in [9.17, 15) is 18.0 Å². The molecule has 2 nitrogen and oxygen atoms in total. The Morgan fingerprint density at radius 3 is 2.45 bits per heavy atom. The van der Waals surface area contributed by atoms with Crippen LogP contribution in [0.1, 0.15) is 19.3 Å². The lowest BCUT2D eigenvalue weighted by Gasteiger charge is -2.11. The lowest BCUT2D eigenvalue weighted by Crippen LogP contribution is -2.21. The molecule has 1 rings (SSSR count). The third kappa shape index (κ3) is 2.88. The Kier molecular flexibility index (Phi) is 2.17. The second-order valence-corrected chi connectivity index (χ2v) is 2.47. The molecule has 0 aromatic rings. The Hall–Kier alpha value is -0.580. The minimum Gasteiger partial charge on any atom is -0.300 e. The summed E-state index contributed by atoms with van der Waals surface area (Å²) >= 11 is 0. The molecule has 0 amide bonds. The van der Waals surface area contributed by atoms with Gasteiger partial charge in [-0.1, -0.05) is 0 Å². The second-order valence-electron chi connectivity index (χ2n) is 2.47. The minimum atomic E-state index is -4.60. The van der Waals surface area contributed by atoms with E-state index in [2.05, 4.69) is 4.74 Å². The first-order valence-electron chi connectivity index (χ1n) is 3.23. The van der Waals surface area contributed by atoms with E-state index in [1.54, 1.807) is 0 Å². The summed E-state index contributed by atoms with van der Waals surface area (Å²) in [5, 5.41) is 0. The van der Waals surface area contributed by atoms with Gasteiger partial charge in [-0.05, 0) is 6.42 Å². The molecular weight excluding hydrogens is 161 g/mol. The monoisotopic (exact) mass is 168 g/mol. The molecule has 64 valence electrons.